The van der Waals surface area contributed by atoms with Crippen LogP contribution in [0.1, 0.15) is 72.3 Å². The Morgan fingerprint density at radius 2 is 1.75 bits per heavy atom. The highest BCUT2D eigenvalue weighted by Crippen LogP contribution is 2.33. The molecule has 2 rings (SSSR count). The van der Waals surface area contributed by atoms with E-state index in [0.29, 0.717) is 30.3 Å². The van der Waals surface area contributed by atoms with Crippen molar-refractivity contribution in [1.29, 1.82) is 0 Å². The number of fused-ring (bicyclic) bond motifs is 1. The maximum atomic E-state index is 13.8. The average Bonchev–Trinajstić information content (AvgIpc) is 2.73. The summed E-state index contributed by atoms with van der Waals surface area (Å²) in [6.45, 7) is 12.8. The summed E-state index contributed by atoms with van der Waals surface area (Å²) in [7, 11) is 0. The molecule has 0 bridgehead atoms. The lowest BCUT2D eigenvalue weighted by atomic mass is 9.76. The monoisotopic (exact) mass is 448 g/mol. The predicted octanol–water partition coefficient (Wildman–Crippen LogP) is 6.43. The standard InChI is InChI=1S/C26H37FO5/c1-17(2)16-18(3)26(5,6)25(29)31-15-10-8-7-9-14-30-21-13-11-12-20-19(4)22(27)24(28)32-23(20)21/h11-13,17-18H,7-10,14-16H2,1-6H3. The highest BCUT2D eigenvalue weighted by atomic mass is 19.1. The molecule has 6 heteroatoms. The smallest absolute Gasteiger partial charge is 0.373 e. The van der Waals surface area contributed by atoms with Crippen molar-refractivity contribution in [2.75, 3.05) is 13.2 Å². The van der Waals surface area contributed by atoms with E-state index in [-0.39, 0.29) is 23.0 Å². The van der Waals surface area contributed by atoms with E-state index in [9.17, 15) is 14.0 Å². The molecule has 0 amide bonds. The van der Waals surface area contributed by atoms with Crippen molar-refractivity contribution >= 4 is 16.9 Å². The average molecular weight is 449 g/mol. The van der Waals surface area contributed by atoms with E-state index in [4.69, 9.17) is 13.9 Å². The van der Waals surface area contributed by atoms with Crippen LogP contribution in [-0.4, -0.2) is 19.2 Å². The van der Waals surface area contributed by atoms with Gasteiger partial charge in [-0.2, -0.15) is 4.39 Å². The second-order valence-electron chi connectivity index (χ2n) is 9.61. The molecule has 1 aromatic carbocycles. The van der Waals surface area contributed by atoms with Crippen molar-refractivity contribution < 1.29 is 23.1 Å². The van der Waals surface area contributed by atoms with Crippen LogP contribution in [0.15, 0.2) is 27.4 Å². The van der Waals surface area contributed by atoms with Crippen molar-refractivity contribution in [1.82, 2.24) is 0 Å². The molecule has 1 unspecified atom stereocenters. The van der Waals surface area contributed by atoms with Gasteiger partial charge < -0.3 is 13.9 Å². The van der Waals surface area contributed by atoms with Gasteiger partial charge in [-0.05, 0) is 70.8 Å². The molecule has 0 fully saturated rings. The first kappa shape index (κ1) is 25.9. The Labute approximate surface area is 190 Å². The number of hydrogen-bond donors (Lipinski definition) is 0. The highest BCUT2D eigenvalue weighted by molar-refractivity contribution is 5.85. The van der Waals surface area contributed by atoms with Crippen molar-refractivity contribution in [3.63, 3.8) is 0 Å². The minimum Gasteiger partial charge on any atom is -0.490 e. The van der Waals surface area contributed by atoms with Gasteiger partial charge in [0.1, 0.15) is 0 Å². The Kier molecular flexibility index (Phi) is 9.29. The number of aryl methyl sites for hydroxylation is 1. The number of ether oxygens (including phenoxy) is 2. The summed E-state index contributed by atoms with van der Waals surface area (Å²) in [5, 5.41) is 0.534. The van der Waals surface area contributed by atoms with Gasteiger partial charge in [0.25, 0.3) is 0 Å². The quantitative estimate of drug-likeness (QED) is 0.213. The fraction of sp³-hybridized carbons (Fsp3) is 0.615. The number of halogens is 1. The Balaban J connectivity index is 1.71. The van der Waals surface area contributed by atoms with Crippen LogP contribution in [0.4, 0.5) is 4.39 Å². The van der Waals surface area contributed by atoms with Gasteiger partial charge in [-0.1, -0.05) is 32.9 Å². The van der Waals surface area contributed by atoms with Crippen molar-refractivity contribution in [3.8, 4) is 5.75 Å². The summed E-state index contributed by atoms with van der Waals surface area (Å²) in [5.74, 6) is 0.265. The number of hydrogen-bond acceptors (Lipinski definition) is 5. The molecule has 1 heterocycles. The first-order valence-electron chi connectivity index (χ1n) is 11.6. The van der Waals surface area contributed by atoms with Gasteiger partial charge in [0.2, 0.25) is 5.82 Å². The van der Waals surface area contributed by atoms with E-state index in [1.54, 1.807) is 25.1 Å². The normalized spacial score (nSPS) is 12.9. The van der Waals surface area contributed by atoms with Gasteiger partial charge in [-0.25, -0.2) is 4.79 Å². The van der Waals surface area contributed by atoms with Gasteiger partial charge in [0, 0.05) is 10.9 Å². The van der Waals surface area contributed by atoms with Gasteiger partial charge >= 0.3 is 11.6 Å². The van der Waals surface area contributed by atoms with Crippen molar-refractivity contribution in [2.45, 2.75) is 73.6 Å². The molecule has 0 radical (unpaired) electrons. The summed E-state index contributed by atoms with van der Waals surface area (Å²) in [4.78, 5) is 24.1. The zero-order valence-corrected chi connectivity index (χ0v) is 20.3. The van der Waals surface area contributed by atoms with Gasteiger partial charge in [0.05, 0.1) is 18.6 Å². The zero-order valence-electron chi connectivity index (χ0n) is 20.3. The number of benzene rings is 1. The maximum Gasteiger partial charge on any atom is 0.373 e. The minimum absolute atomic E-state index is 0.127. The minimum atomic E-state index is -0.984. The van der Waals surface area contributed by atoms with Crippen LogP contribution in [-0.2, 0) is 9.53 Å². The first-order chi connectivity index (χ1) is 15.1. The van der Waals surface area contributed by atoms with Gasteiger partial charge in [-0.3, -0.25) is 4.79 Å². The summed E-state index contributed by atoms with van der Waals surface area (Å²) < 4.78 is 30.2. The molecule has 0 saturated heterocycles. The van der Waals surface area contributed by atoms with Gasteiger partial charge in [-0.15, -0.1) is 0 Å². The Hall–Kier alpha value is -2.37. The number of unbranched alkanes of at least 4 members (excludes halogenated alkanes) is 3. The fourth-order valence-corrected chi connectivity index (χ4v) is 3.73. The lowest BCUT2D eigenvalue weighted by Gasteiger charge is -2.30. The van der Waals surface area contributed by atoms with Crippen LogP contribution >= 0.6 is 0 Å². The number of carbonyl (C=O) groups is 1. The van der Waals surface area contributed by atoms with E-state index in [1.165, 1.54) is 0 Å². The Morgan fingerprint density at radius 3 is 2.41 bits per heavy atom. The maximum absolute atomic E-state index is 13.8. The summed E-state index contributed by atoms with van der Waals surface area (Å²) >= 11 is 0. The molecule has 0 aliphatic rings. The molecule has 32 heavy (non-hydrogen) atoms. The molecular formula is C26H37FO5. The SMILES string of the molecule is Cc1c(F)c(=O)oc2c(OCCCCCCOC(=O)C(C)(C)C(C)CC(C)C)cccc12. The molecule has 178 valence electrons. The second kappa shape index (κ2) is 11.5. The Bertz CT molecular complexity index is 961. The third-order valence-electron chi connectivity index (χ3n) is 6.20. The van der Waals surface area contributed by atoms with Crippen LogP contribution in [0.5, 0.6) is 5.75 Å². The zero-order chi connectivity index (χ0) is 23.9. The first-order valence-corrected chi connectivity index (χ1v) is 11.6. The molecule has 1 atom stereocenters. The second-order valence-corrected chi connectivity index (χ2v) is 9.61. The Morgan fingerprint density at radius 1 is 1.09 bits per heavy atom. The fourth-order valence-electron chi connectivity index (χ4n) is 3.73. The molecule has 0 aliphatic carbocycles. The molecular weight excluding hydrogens is 411 g/mol. The van der Waals surface area contributed by atoms with Crippen molar-refractivity contribution in [3.05, 3.63) is 40.0 Å². The summed E-state index contributed by atoms with van der Waals surface area (Å²) in [6.07, 6.45) is 4.46. The lowest BCUT2D eigenvalue weighted by molar-refractivity contribution is -0.157. The molecule has 5 nitrogen and oxygen atoms in total. The largest absolute Gasteiger partial charge is 0.490 e. The van der Waals surface area contributed by atoms with E-state index in [2.05, 4.69) is 20.8 Å². The molecule has 0 spiro atoms. The lowest BCUT2D eigenvalue weighted by Crippen LogP contribution is -2.34. The number of para-hydroxylation sites is 1. The van der Waals surface area contributed by atoms with Crippen LogP contribution < -0.4 is 10.4 Å². The van der Waals surface area contributed by atoms with E-state index in [1.807, 2.05) is 13.8 Å². The van der Waals surface area contributed by atoms with Gasteiger partial charge in [0.15, 0.2) is 11.3 Å². The molecule has 2 aromatic rings. The third-order valence-corrected chi connectivity index (χ3v) is 6.20. The molecule has 1 aromatic heterocycles. The topological polar surface area (TPSA) is 65.7 Å². The predicted molar refractivity (Wildman–Crippen MR) is 125 cm³/mol. The van der Waals surface area contributed by atoms with Crippen LogP contribution in [0.2, 0.25) is 0 Å². The van der Waals surface area contributed by atoms with E-state index in [0.717, 1.165) is 32.1 Å². The highest BCUT2D eigenvalue weighted by Gasteiger charge is 2.35. The molecule has 0 saturated carbocycles. The molecule has 0 N–H and O–H groups in total. The number of esters is 1. The van der Waals surface area contributed by atoms with Crippen LogP contribution in [0.25, 0.3) is 11.0 Å². The van der Waals surface area contributed by atoms with Crippen LogP contribution in [0, 0.1) is 30.0 Å². The summed E-state index contributed by atoms with van der Waals surface area (Å²) in [5.41, 5.74) is -0.926. The summed E-state index contributed by atoms with van der Waals surface area (Å²) in [6, 6.07) is 5.17. The van der Waals surface area contributed by atoms with E-state index < -0.39 is 16.9 Å². The third kappa shape index (κ3) is 6.57. The van der Waals surface area contributed by atoms with E-state index >= 15 is 0 Å². The van der Waals surface area contributed by atoms with Crippen molar-refractivity contribution in [2.24, 2.45) is 17.3 Å². The molecule has 0 aliphatic heterocycles. The number of carbonyl (C=O) groups excluding carboxylic acids is 1. The number of rotatable bonds is 12. The van der Waals surface area contributed by atoms with Crippen LogP contribution in [0.3, 0.4) is 0 Å².